The van der Waals surface area contributed by atoms with E-state index in [1.807, 2.05) is 13.8 Å². The lowest BCUT2D eigenvalue weighted by atomic mass is 9.89. The number of nitrogens with zero attached hydrogens (tertiary/aromatic N) is 1. The monoisotopic (exact) mass is 269 g/mol. The van der Waals surface area contributed by atoms with Crippen LogP contribution < -0.4 is 0 Å². The molecule has 0 aromatic carbocycles. The first kappa shape index (κ1) is 14.9. The highest BCUT2D eigenvalue weighted by molar-refractivity contribution is 5.88. The van der Waals surface area contributed by atoms with Crippen molar-refractivity contribution in [3.63, 3.8) is 0 Å². The van der Waals surface area contributed by atoms with Crippen LogP contribution in [0.5, 0.6) is 0 Å². The number of hydrogen-bond acceptors (Lipinski definition) is 4. The van der Waals surface area contributed by atoms with Crippen molar-refractivity contribution in [2.24, 2.45) is 11.3 Å². The van der Waals surface area contributed by atoms with Crippen LogP contribution in [0.2, 0.25) is 0 Å². The van der Waals surface area contributed by atoms with E-state index in [1.54, 1.807) is 0 Å². The molecule has 4 heteroatoms. The van der Waals surface area contributed by atoms with Gasteiger partial charge in [0, 0.05) is 31.0 Å². The normalized spacial score (nSPS) is 34.7. The van der Waals surface area contributed by atoms with Gasteiger partial charge in [-0.1, -0.05) is 13.8 Å². The third kappa shape index (κ3) is 3.36. The van der Waals surface area contributed by atoms with Crippen LogP contribution in [0.15, 0.2) is 0 Å². The standard InChI is InChI=1S/C15H27NO3/c1-14(2)6-5-11(13(14)18)7-16-8-12(9-17)19-15(3,4)10-16/h11-12,17H,5-10H2,1-4H3. The zero-order valence-corrected chi connectivity index (χ0v) is 12.6. The molecule has 2 atom stereocenters. The first-order valence-electron chi connectivity index (χ1n) is 7.29. The lowest BCUT2D eigenvalue weighted by Gasteiger charge is -2.43. The predicted octanol–water partition coefficient (Wildman–Crippen LogP) is 1.46. The lowest BCUT2D eigenvalue weighted by molar-refractivity contribution is -0.152. The van der Waals surface area contributed by atoms with Crippen LogP contribution in [0.25, 0.3) is 0 Å². The van der Waals surface area contributed by atoms with Crippen molar-refractivity contribution in [2.45, 2.75) is 52.2 Å². The van der Waals surface area contributed by atoms with Crippen LogP contribution in [0.3, 0.4) is 0 Å². The molecule has 19 heavy (non-hydrogen) atoms. The van der Waals surface area contributed by atoms with E-state index in [0.29, 0.717) is 5.78 Å². The van der Waals surface area contributed by atoms with Gasteiger partial charge < -0.3 is 9.84 Å². The topological polar surface area (TPSA) is 49.8 Å². The zero-order chi connectivity index (χ0) is 14.3. The number of carbonyl (C=O) groups excluding carboxylic acids is 1. The van der Waals surface area contributed by atoms with E-state index >= 15 is 0 Å². The molecule has 1 aliphatic heterocycles. The highest BCUT2D eigenvalue weighted by Gasteiger charge is 2.42. The average Bonchev–Trinajstić information content (AvgIpc) is 2.54. The van der Waals surface area contributed by atoms with Gasteiger partial charge in [-0.15, -0.1) is 0 Å². The maximum Gasteiger partial charge on any atom is 0.142 e. The Hall–Kier alpha value is -0.450. The fraction of sp³-hybridized carbons (Fsp3) is 0.933. The summed E-state index contributed by atoms with van der Waals surface area (Å²) < 4.78 is 5.81. The van der Waals surface area contributed by atoms with Gasteiger partial charge in [-0.3, -0.25) is 9.69 Å². The SMILES string of the molecule is CC1(C)CN(CC2CCC(C)(C)C2=O)CC(CO)O1. The van der Waals surface area contributed by atoms with Crippen molar-refractivity contribution in [1.82, 2.24) is 4.90 Å². The van der Waals surface area contributed by atoms with E-state index in [0.717, 1.165) is 32.5 Å². The number of morpholine rings is 1. The molecule has 1 aliphatic carbocycles. The van der Waals surface area contributed by atoms with E-state index < -0.39 is 0 Å². The highest BCUT2D eigenvalue weighted by atomic mass is 16.5. The summed E-state index contributed by atoms with van der Waals surface area (Å²) in [5, 5.41) is 9.32. The summed E-state index contributed by atoms with van der Waals surface area (Å²) in [6.07, 6.45) is 1.86. The predicted molar refractivity (Wildman–Crippen MR) is 74.0 cm³/mol. The number of aliphatic hydroxyl groups is 1. The third-order valence-electron chi connectivity index (χ3n) is 4.39. The van der Waals surface area contributed by atoms with Gasteiger partial charge in [0.15, 0.2) is 0 Å². The molecular formula is C15H27NO3. The number of ketones is 1. The Labute approximate surface area is 116 Å². The van der Waals surface area contributed by atoms with Crippen molar-refractivity contribution < 1.29 is 14.6 Å². The van der Waals surface area contributed by atoms with Crippen LogP contribution in [0, 0.1) is 11.3 Å². The molecule has 1 saturated heterocycles. The van der Waals surface area contributed by atoms with E-state index in [1.165, 1.54) is 0 Å². The molecule has 0 spiro atoms. The maximum atomic E-state index is 12.3. The molecule has 0 radical (unpaired) electrons. The Kier molecular flexibility index (Phi) is 4.05. The molecule has 0 aromatic heterocycles. The van der Waals surface area contributed by atoms with Gasteiger partial charge in [0.2, 0.25) is 0 Å². The molecule has 2 aliphatic rings. The van der Waals surface area contributed by atoms with E-state index in [2.05, 4.69) is 18.7 Å². The van der Waals surface area contributed by atoms with Gasteiger partial charge >= 0.3 is 0 Å². The average molecular weight is 269 g/mol. The Bertz CT molecular complexity index is 351. The van der Waals surface area contributed by atoms with Gasteiger partial charge in [-0.25, -0.2) is 0 Å². The first-order chi connectivity index (χ1) is 8.73. The Balaban J connectivity index is 1.97. The minimum absolute atomic E-state index is 0.0457. The number of ether oxygens (including phenoxy) is 1. The first-order valence-corrected chi connectivity index (χ1v) is 7.29. The molecule has 4 nitrogen and oxygen atoms in total. The second-order valence-electron chi connectivity index (χ2n) is 7.36. The number of hydrogen-bond donors (Lipinski definition) is 1. The largest absolute Gasteiger partial charge is 0.394 e. The molecule has 0 amide bonds. The maximum absolute atomic E-state index is 12.3. The number of aliphatic hydroxyl groups excluding tert-OH is 1. The molecular weight excluding hydrogens is 242 g/mol. The quantitative estimate of drug-likeness (QED) is 0.843. The van der Waals surface area contributed by atoms with Gasteiger partial charge in [-0.05, 0) is 26.7 Å². The minimum Gasteiger partial charge on any atom is -0.394 e. The molecule has 0 aromatic rings. The van der Waals surface area contributed by atoms with Crippen LogP contribution in [0.4, 0.5) is 0 Å². The van der Waals surface area contributed by atoms with Crippen LogP contribution >= 0.6 is 0 Å². The Morgan fingerprint density at radius 3 is 2.58 bits per heavy atom. The highest BCUT2D eigenvalue weighted by Crippen LogP contribution is 2.38. The molecule has 2 unspecified atom stereocenters. The summed E-state index contributed by atoms with van der Waals surface area (Å²) in [7, 11) is 0. The number of Topliss-reactive ketones (excluding diaryl/α,β-unsaturated/α-hetero) is 1. The molecule has 0 bridgehead atoms. The van der Waals surface area contributed by atoms with Crippen molar-refractivity contribution in [2.75, 3.05) is 26.2 Å². The van der Waals surface area contributed by atoms with Gasteiger partial charge in [-0.2, -0.15) is 0 Å². The van der Waals surface area contributed by atoms with Crippen molar-refractivity contribution in [3.8, 4) is 0 Å². The summed E-state index contributed by atoms with van der Waals surface area (Å²) >= 11 is 0. The second-order valence-corrected chi connectivity index (χ2v) is 7.36. The third-order valence-corrected chi connectivity index (χ3v) is 4.39. The molecule has 1 N–H and O–H groups in total. The van der Waals surface area contributed by atoms with E-state index in [9.17, 15) is 9.90 Å². The second kappa shape index (κ2) is 5.15. The van der Waals surface area contributed by atoms with Crippen molar-refractivity contribution >= 4 is 5.78 Å². The smallest absolute Gasteiger partial charge is 0.142 e. The van der Waals surface area contributed by atoms with Crippen molar-refractivity contribution in [3.05, 3.63) is 0 Å². The van der Waals surface area contributed by atoms with E-state index in [-0.39, 0.29) is 29.6 Å². The Morgan fingerprint density at radius 1 is 1.37 bits per heavy atom. The fourth-order valence-electron chi connectivity index (χ4n) is 3.48. The van der Waals surface area contributed by atoms with Gasteiger partial charge in [0.05, 0.1) is 18.3 Å². The number of carbonyl (C=O) groups is 1. The fourth-order valence-corrected chi connectivity index (χ4v) is 3.48. The lowest BCUT2D eigenvalue weighted by Crippen LogP contribution is -2.55. The summed E-state index contributed by atoms with van der Waals surface area (Å²) in [6.45, 7) is 10.6. The van der Waals surface area contributed by atoms with Gasteiger partial charge in [0.25, 0.3) is 0 Å². The summed E-state index contributed by atoms with van der Waals surface area (Å²) in [5.41, 5.74) is -0.397. The van der Waals surface area contributed by atoms with Gasteiger partial charge in [0.1, 0.15) is 5.78 Å². The van der Waals surface area contributed by atoms with Crippen LogP contribution in [0.1, 0.15) is 40.5 Å². The zero-order valence-electron chi connectivity index (χ0n) is 12.6. The number of rotatable bonds is 3. The summed E-state index contributed by atoms with van der Waals surface area (Å²) in [5.74, 6) is 0.556. The summed E-state index contributed by atoms with van der Waals surface area (Å²) in [4.78, 5) is 14.6. The van der Waals surface area contributed by atoms with E-state index in [4.69, 9.17) is 4.74 Å². The minimum atomic E-state index is -0.247. The van der Waals surface area contributed by atoms with Crippen LogP contribution in [-0.2, 0) is 9.53 Å². The molecule has 1 saturated carbocycles. The molecule has 110 valence electrons. The van der Waals surface area contributed by atoms with Crippen molar-refractivity contribution in [1.29, 1.82) is 0 Å². The molecule has 2 rings (SSSR count). The summed E-state index contributed by atoms with van der Waals surface area (Å²) in [6, 6.07) is 0. The molecule has 2 fully saturated rings. The van der Waals surface area contributed by atoms with Crippen LogP contribution in [-0.4, -0.2) is 53.7 Å². The Morgan fingerprint density at radius 2 is 2.05 bits per heavy atom. The molecule has 1 heterocycles.